The predicted octanol–water partition coefficient (Wildman–Crippen LogP) is 10.7. The number of phenolic OH excluding ortho intramolecular Hbond substituents is 1. The second kappa shape index (κ2) is 17.5. The second-order valence-electron chi connectivity index (χ2n) is 26.7. The lowest BCUT2D eigenvalue weighted by molar-refractivity contribution is -0.199. The van der Waals surface area contributed by atoms with E-state index in [9.17, 15) is 15.3 Å². The van der Waals surface area contributed by atoms with Gasteiger partial charge in [0.2, 0.25) is 0 Å². The molecule has 0 radical (unpaired) electrons. The Morgan fingerprint density at radius 3 is 2.44 bits per heavy atom. The first-order valence-electron chi connectivity index (χ1n) is 28.2. The van der Waals surface area contributed by atoms with Crippen molar-refractivity contribution < 1.29 is 29.6 Å². The average Bonchev–Trinajstić information content (AvgIpc) is 3.61. The highest BCUT2D eigenvalue weighted by Crippen LogP contribution is 2.76. The number of nitrogens with two attached hydrogens (primary N) is 1. The monoisotopic (exact) mass is 958 g/mol. The summed E-state index contributed by atoms with van der Waals surface area (Å²) in [4.78, 5) is 31.2. The van der Waals surface area contributed by atoms with Gasteiger partial charge in [0.05, 0.1) is 17.3 Å². The van der Waals surface area contributed by atoms with Gasteiger partial charge in [-0.2, -0.15) is 0 Å². The number of hydrogen-bond donors (Lipinski definition) is 6. The molecule has 0 spiro atoms. The Labute approximate surface area is 419 Å². The van der Waals surface area contributed by atoms with Crippen LogP contribution < -0.4 is 16.4 Å². The highest BCUT2D eigenvalue weighted by Gasteiger charge is 2.73. The van der Waals surface area contributed by atoms with Crippen LogP contribution in [0.15, 0.2) is 53.6 Å². The van der Waals surface area contributed by atoms with Crippen LogP contribution in [-0.2, 0) is 20.9 Å². The van der Waals surface area contributed by atoms with Gasteiger partial charge < -0.3 is 36.4 Å². The molecule has 2 aliphatic heterocycles. The van der Waals surface area contributed by atoms with Gasteiger partial charge in [0.1, 0.15) is 17.6 Å². The quantitative estimate of drug-likeness (QED) is 0.112. The normalized spacial score (nSPS) is 46.4. The molecular weight excluding hydrogens is 871 g/mol. The number of fused-ring (bicyclic) bond motifs is 5. The molecule has 18 unspecified atom stereocenters. The number of Topliss-reactive ketones (excluding diaryl/α,β-unsaturated/α-hetero) is 2. The van der Waals surface area contributed by atoms with E-state index < -0.39 is 28.1 Å². The standard InChI is InChI=1S/C61H87N3O6/c1-56(69)24-10-11-25-57(2)53-47(64-34-56)31-60(5)49(58(53,3)30-44(54(57)68)38-26-35(33-63-7)27-40(65)29-38)23-22-46-51(48(66)32-59(46,60)4)50-42-17-9-8-14-36(42)20-21-43(50)52(67)55-61(6,70-55)45-19-13-18-41(45)37-15-12-16-39(62)28-37/h12,15-16,26-29,36,41-45,47,49-50,52-53,55,63-65,67,69H,8-11,13-14,17-25,30-34,62H2,1-7H3. The number of epoxide rings is 1. The summed E-state index contributed by atoms with van der Waals surface area (Å²) in [7, 11) is 1.91. The van der Waals surface area contributed by atoms with Crippen molar-refractivity contribution in [3.05, 3.63) is 70.3 Å². The van der Waals surface area contributed by atoms with E-state index in [0.29, 0.717) is 67.6 Å². The summed E-state index contributed by atoms with van der Waals surface area (Å²) >= 11 is 0. The summed E-state index contributed by atoms with van der Waals surface area (Å²) in [5, 5.41) is 43.2. The van der Waals surface area contributed by atoms with Crippen LogP contribution in [0.3, 0.4) is 0 Å². The van der Waals surface area contributed by atoms with Gasteiger partial charge in [0.15, 0.2) is 5.78 Å². The second-order valence-corrected chi connectivity index (χ2v) is 26.7. The molecule has 0 amide bonds. The van der Waals surface area contributed by atoms with Gasteiger partial charge in [0, 0.05) is 48.0 Å². The van der Waals surface area contributed by atoms with E-state index >= 15 is 9.59 Å². The zero-order chi connectivity index (χ0) is 49.3. The number of nitrogen functional groups attached to an aromatic ring is 1. The number of ketones is 2. The van der Waals surface area contributed by atoms with E-state index in [2.05, 4.69) is 69.5 Å². The van der Waals surface area contributed by atoms with Gasteiger partial charge in [-0.05, 0) is 196 Å². The van der Waals surface area contributed by atoms with Crippen LogP contribution in [-0.4, -0.2) is 69.9 Å². The van der Waals surface area contributed by atoms with Gasteiger partial charge in [-0.1, -0.05) is 90.0 Å². The third kappa shape index (κ3) is 7.59. The minimum Gasteiger partial charge on any atom is -0.508 e. The predicted molar refractivity (Wildman–Crippen MR) is 276 cm³/mol. The van der Waals surface area contributed by atoms with Crippen LogP contribution in [0.25, 0.3) is 0 Å². The number of aliphatic hydroxyl groups excluding tert-OH is 1. The number of ether oxygens (including phenoxy) is 1. The van der Waals surface area contributed by atoms with Gasteiger partial charge in [-0.3, -0.25) is 9.59 Å². The zero-order valence-corrected chi connectivity index (χ0v) is 43.8. The molecule has 0 bridgehead atoms. The van der Waals surface area contributed by atoms with Crippen LogP contribution in [0.5, 0.6) is 5.75 Å². The fourth-order valence-corrected chi connectivity index (χ4v) is 19.7. The highest BCUT2D eigenvalue weighted by atomic mass is 16.6. The minimum absolute atomic E-state index is 0.0200. The molecule has 11 rings (SSSR count). The fraction of sp³-hybridized carbons (Fsp3) is 0.738. The van der Waals surface area contributed by atoms with E-state index in [4.69, 9.17) is 10.5 Å². The number of phenols is 1. The number of rotatable bonds is 8. The van der Waals surface area contributed by atoms with Gasteiger partial charge in [-0.15, -0.1) is 0 Å². The molecule has 7 N–H and O–H groups in total. The molecule has 382 valence electrons. The highest BCUT2D eigenvalue weighted by molar-refractivity contribution is 6.01. The number of carbonyl (C=O) groups is 2. The minimum atomic E-state index is -0.866. The van der Waals surface area contributed by atoms with Crippen molar-refractivity contribution in [1.82, 2.24) is 10.6 Å². The maximum absolute atomic E-state index is 15.6. The van der Waals surface area contributed by atoms with E-state index in [1.54, 1.807) is 0 Å². The molecule has 2 heterocycles. The molecule has 9 heteroatoms. The lowest BCUT2D eigenvalue weighted by atomic mass is 9.34. The number of β-amino-alcohol motifs (C(OH)–C–C–N with tert-alkyl or cyclic N) is 1. The summed E-state index contributed by atoms with van der Waals surface area (Å²) in [6.45, 7) is 15.1. The molecule has 2 aromatic rings. The third-order valence-electron chi connectivity index (χ3n) is 22.8. The van der Waals surface area contributed by atoms with Crippen LogP contribution in [0.2, 0.25) is 0 Å². The molecule has 2 saturated heterocycles. The maximum atomic E-state index is 15.6. The first kappa shape index (κ1) is 49.1. The molecule has 9 aliphatic rings. The average molecular weight is 958 g/mol. The lowest BCUT2D eigenvalue weighted by Crippen LogP contribution is -2.70. The smallest absolute Gasteiger partial charge is 0.160 e. The summed E-state index contributed by atoms with van der Waals surface area (Å²) in [5.74, 6) is 2.35. The van der Waals surface area contributed by atoms with Gasteiger partial charge >= 0.3 is 0 Å². The number of nitrogens with one attached hydrogen (secondary N) is 2. The molecule has 8 fully saturated rings. The number of anilines is 1. The molecule has 0 aromatic heterocycles. The Hall–Kier alpha value is -3.08. The summed E-state index contributed by atoms with van der Waals surface area (Å²) in [6, 6.07) is 14.2. The van der Waals surface area contributed by atoms with Crippen molar-refractivity contribution >= 4 is 17.3 Å². The topological polar surface area (TPSA) is 157 Å². The van der Waals surface area contributed by atoms with Crippen molar-refractivity contribution in [1.29, 1.82) is 0 Å². The Kier molecular flexibility index (Phi) is 12.3. The molecule has 7 aliphatic carbocycles. The summed E-state index contributed by atoms with van der Waals surface area (Å²) in [5.41, 5.74) is 9.90. The molecule has 18 atom stereocenters. The zero-order valence-electron chi connectivity index (χ0n) is 43.8. The largest absolute Gasteiger partial charge is 0.508 e. The Morgan fingerprint density at radius 1 is 0.871 bits per heavy atom. The Morgan fingerprint density at radius 2 is 1.66 bits per heavy atom. The van der Waals surface area contributed by atoms with Crippen LogP contribution in [0.1, 0.15) is 186 Å². The Bertz CT molecular complexity index is 2420. The number of allylic oxidation sites excluding steroid dienone is 2. The van der Waals surface area contributed by atoms with Crippen LogP contribution in [0.4, 0.5) is 5.69 Å². The number of aromatic hydroxyl groups is 1. The van der Waals surface area contributed by atoms with Gasteiger partial charge in [-0.25, -0.2) is 0 Å². The van der Waals surface area contributed by atoms with E-state index in [1.807, 2.05) is 32.2 Å². The van der Waals surface area contributed by atoms with E-state index in [0.717, 1.165) is 99.4 Å². The SMILES string of the molecule is CNCc1cc(O)cc(C2CC3(C)C4C(CC5(C)C3CCC3=C(C6C7CCCCC7CCC6C(O)C6OC6(C)C6CCCC6c6cccc(N)c6)C(=O)CC35C)NCC(C)(O)CCCCC4(C)C2=O)c1. The number of aliphatic hydroxyl groups is 2. The summed E-state index contributed by atoms with van der Waals surface area (Å²) in [6.07, 6.45) is 16.3. The lowest BCUT2D eigenvalue weighted by Gasteiger charge is -2.71. The summed E-state index contributed by atoms with van der Waals surface area (Å²) < 4.78 is 6.86. The van der Waals surface area contributed by atoms with Gasteiger partial charge in [0.25, 0.3) is 0 Å². The van der Waals surface area contributed by atoms with Crippen molar-refractivity contribution in [2.45, 2.75) is 205 Å². The first-order chi connectivity index (χ1) is 33.3. The first-order valence-corrected chi connectivity index (χ1v) is 28.2. The molecule has 6 saturated carbocycles. The molecule has 2 aromatic carbocycles. The number of benzene rings is 2. The third-order valence-corrected chi connectivity index (χ3v) is 22.8. The van der Waals surface area contributed by atoms with Crippen molar-refractivity contribution in [3.8, 4) is 5.75 Å². The molecule has 9 nitrogen and oxygen atoms in total. The van der Waals surface area contributed by atoms with Crippen molar-refractivity contribution in [2.24, 2.45) is 63.1 Å². The van der Waals surface area contributed by atoms with E-state index in [-0.39, 0.29) is 58.3 Å². The number of hydrogen-bond acceptors (Lipinski definition) is 9. The van der Waals surface area contributed by atoms with E-state index in [1.165, 1.54) is 30.4 Å². The van der Waals surface area contributed by atoms with Crippen LogP contribution >= 0.6 is 0 Å². The number of carbonyl (C=O) groups excluding carboxylic acids is 2. The molecule has 70 heavy (non-hydrogen) atoms. The van der Waals surface area contributed by atoms with Crippen LogP contribution in [0, 0.1) is 63.1 Å². The van der Waals surface area contributed by atoms with Crippen molar-refractivity contribution in [3.63, 3.8) is 0 Å². The maximum Gasteiger partial charge on any atom is 0.160 e. The fourth-order valence-electron chi connectivity index (χ4n) is 19.7. The molecular formula is C61H87N3O6. The Balaban J connectivity index is 0.982. The van der Waals surface area contributed by atoms with Crippen molar-refractivity contribution in [2.75, 3.05) is 19.3 Å².